The van der Waals surface area contributed by atoms with Crippen LogP contribution in [0.2, 0.25) is 0 Å². The minimum atomic E-state index is 0.0685. The lowest BCUT2D eigenvalue weighted by Crippen LogP contribution is -2.52. The van der Waals surface area contributed by atoms with Crippen LogP contribution < -0.4 is 0 Å². The Balaban J connectivity index is 1.66. The number of hydrogen-bond donors (Lipinski definition) is 0. The molecule has 6 atom stereocenters. The molecule has 0 aromatic heterocycles. The minimum absolute atomic E-state index is 0.0685. The second kappa shape index (κ2) is 4.34. The minimum Gasteiger partial charge on any atom is -0.299 e. The van der Waals surface area contributed by atoms with Crippen LogP contribution in [0.5, 0.6) is 0 Å². The van der Waals surface area contributed by atoms with E-state index in [2.05, 4.69) is 13.8 Å². The van der Waals surface area contributed by atoms with Gasteiger partial charge in [0.2, 0.25) is 0 Å². The van der Waals surface area contributed by atoms with E-state index >= 15 is 0 Å². The normalized spacial score (nSPS) is 55.0. The summed E-state index contributed by atoms with van der Waals surface area (Å²) in [5.41, 5.74) is 0.688. The van der Waals surface area contributed by atoms with Crippen molar-refractivity contribution in [3.8, 4) is 0 Å². The monoisotopic (exact) mass is 274 g/mol. The Morgan fingerprint density at radius 3 is 2.60 bits per heavy atom. The molecule has 0 radical (unpaired) electrons. The highest BCUT2D eigenvalue weighted by molar-refractivity contribution is 5.87. The van der Waals surface area contributed by atoms with Gasteiger partial charge < -0.3 is 0 Å². The maximum absolute atomic E-state index is 12.4. The first-order valence-electron chi connectivity index (χ1n) is 9.09. The van der Waals surface area contributed by atoms with Crippen LogP contribution in [0.1, 0.15) is 78.1 Å². The van der Waals surface area contributed by atoms with E-state index in [1.807, 2.05) is 0 Å². The van der Waals surface area contributed by atoms with Crippen molar-refractivity contribution in [2.75, 3.05) is 0 Å². The molecular formula is C19H30O. The highest BCUT2D eigenvalue weighted by Crippen LogP contribution is 2.65. The molecule has 0 heterocycles. The van der Waals surface area contributed by atoms with Crippen molar-refractivity contribution in [2.45, 2.75) is 78.1 Å². The Kier molecular flexibility index (Phi) is 2.89. The molecule has 0 N–H and O–H groups in total. The topological polar surface area (TPSA) is 17.1 Å². The molecule has 0 spiro atoms. The molecule has 4 fully saturated rings. The standard InChI is InChI=1S/C19H30O/c1-18-11-4-3-5-13(18)6-7-14-15-8-9-17(20)19(15,2)12-10-16(14)18/h13-16H,3-12H2,1-2H3/t13-,14+,15+,16-,18+,19-/m1/s1. The van der Waals surface area contributed by atoms with E-state index in [0.29, 0.717) is 11.2 Å². The molecule has 0 aromatic rings. The molecule has 0 unspecified atom stereocenters. The van der Waals surface area contributed by atoms with Crippen molar-refractivity contribution >= 4 is 5.78 Å². The van der Waals surface area contributed by atoms with E-state index in [-0.39, 0.29) is 5.41 Å². The van der Waals surface area contributed by atoms with Crippen molar-refractivity contribution < 1.29 is 4.79 Å². The van der Waals surface area contributed by atoms with Gasteiger partial charge in [0.15, 0.2) is 0 Å². The molecule has 4 rings (SSSR count). The summed E-state index contributed by atoms with van der Waals surface area (Å²) in [5.74, 6) is 4.13. The number of rotatable bonds is 0. The molecule has 20 heavy (non-hydrogen) atoms. The van der Waals surface area contributed by atoms with Crippen molar-refractivity contribution in [3.05, 3.63) is 0 Å². The molecule has 4 saturated carbocycles. The maximum atomic E-state index is 12.4. The fourth-order valence-electron chi connectivity index (χ4n) is 7.07. The van der Waals surface area contributed by atoms with Gasteiger partial charge in [0, 0.05) is 11.8 Å². The molecule has 4 aliphatic carbocycles. The van der Waals surface area contributed by atoms with Gasteiger partial charge >= 0.3 is 0 Å². The molecule has 112 valence electrons. The third-order valence-electron chi connectivity index (χ3n) is 8.29. The summed E-state index contributed by atoms with van der Waals surface area (Å²) >= 11 is 0. The van der Waals surface area contributed by atoms with Crippen LogP contribution in [0.15, 0.2) is 0 Å². The fourth-order valence-corrected chi connectivity index (χ4v) is 7.07. The van der Waals surface area contributed by atoms with Crippen molar-refractivity contribution in [1.82, 2.24) is 0 Å². The zero-order valence-electron chi connectivity index (χ0n) is 13.3. The molecule has 1 nitrogen and oxygen atoms in total. The second-order valence-electron chi connectivity index (χ2n) is 8.82. The van der Waals surface area contributed by atoms with Gasteiger partial charge in [-0.05, 0) is 74.0 Å². The van der Waals surface area contributed by atoms with Gasteiger partial charge in [-0.2, -0.15) is 0 Å². The number of carbonyl (C=O) groups excluding carboxylic acids is 1. The zero-order chi connectivity index (χ0) is 14.0. The Labute approximate surface area is 123 Å². The number of carbonyl (C=O) groups is 1. The Morgan fingerprint density at radius 2 is 1.75 bits per heavy atom. The van der Waals surface area contributed by atoms with Gasteiger partial charge in [-0.3, -0.25) is 4.79 Å². The first kappa shape index (κ1) is 13.3. The predicted octanol–water partition coefficient (Wildman–Crippen LogP) is 4.99. The van der Waals surface area contributed by atoms with Crippen molar-refractivity contribution in [1.29, 1.82) is 0 Å². The first-order chi connectivity index (χ1) is 9.56. The summed E-state index contributed by atoms with van der Waals surface area (Å²) in [6.45, 7) is 4.92. The molecule has 0 saturated heterocycles. The van der Waals surface area contributed by atoms with E-state index in [1.165, 1.54) is 57.8 Å². The van der Waals surface area contributed by atoms with Crippen LogP contribution in [-0.2, 0) is 4.79 Å². The lowest BCUT2D eigenvalue weighted by Gasteiger charge is -2.59. The van der Waals surface area contributed by atoms with Crippen LogP contribution in [0.25, 0.3) is 0 Å². The summed E-state index contributed by atoms with van der Waals surface area (Å²) < 4.78 is 0. The fraction of sp³-hybridized carbons (Fsp3) is 0.947. The number of Topliss-reactive ketones (excluding diaryl/α,β-unsaturated/α-hetero) is 1. The average Bonchev–Trinajstić information content (AvgIpc) is 2.74. The first-order valence-corrected chi connectivity index (χ1v) is 9.09. The third-order valence-corrected chi connectivity index (χ3v) is 8.29. The lowest BCUT2D eigenvalue weighted by atomic mass is 9.45. The van der Waals surface area contributed by atoms with Gasteiger partial charge in [0.25, 0.3) is 0 Å². The van der Waals surface area contributed by atoms with Crippen LogP contribution in [0.3, 0.4) is 0 Å². The SMILES string of the molecule is C[C@]12CCCC[C@@H]1CC[C@@H]1[C@H]2CC[C@@]2(C)C(=O)CC[C@@H]12. The third kappa shape index (κ3) is 1.58. The van der Waals surface area contributed by atoms with Crippen LogP contribution >= 0.6 is 0 Å². The van der Waals surface area contributed by atoms with Gasteiger partial charge in [0.05, 0.1) is 0 Å². The second-order valence-corrected chi connectivity index (χ2v) is 8.82. The number of fused-ring (bicyclic) bond motifs is 5. The summed E-state index contributed by atoms with van der Waals surface area (Å²) in [5, 5.41) is 0. The molecule has 0 aliphatic heterocycles. The predicted molar refractivity (Wildman–Crippen MR) is 81.4 cm³/mol. The van der Waals surface area contributed by atoms with Crippen LogP contribution in [0.4, 0.5) is 0 Å². The van der Waals surface area contributed by atoms with E-state index in [1.54, 1.807) is 0 Å². The van der Waals surface area contributed by atoms with Crippen molar-refractivity contribution in [2.24, 2.45) is 34.5 Å². The molecular weight excluding hydrogens is 244 g/mol. The zero-order valence-corrected chi connectivity index (χ0v) is 13.3. The van der Waals surface area contributed by atoms with Gasteiger partial charge in [-0.1, -0.05) is 26.7 Å². The van der Waals surface area contributed by atoms with Crippen molar-refractivity contribution in [3.63, 3.8) is 0 Å². The van der Waals surface area contributed by atoms with E-state index in [0.717, 1.165) is 30.1 Å². The van der Waals surface area contributed by atoms with E-state index in [9.17, 15) is 4.79 Å². The molecule has 0 aromatic carbocycles. The van der Waals surface area contributed by atoms with E-state index in [4.69, 9.17) is 0 Å². The quantitative estimate of drug-likeness (QED) is 0.608. The number of hydrogen-bond acceptors (Lipinski definition) is 1. The van der Waals surface area contributed by atoms with Gasteiger partial charge in [-0.15, -0.1) is 0 Å². The molecule has 1 heteroatoms. The van der Waals surface area contributed by atoms with Gasteiger partial charge in [-0.25, -0.2) is 0 Å². The van der Waals surface area contributed by atoms with Crippen LogP contribution in [0, 0.1) is 34.5 Å². The summed E-state index contributed by atoms with van der Waals surface area (Å²) in [7, 11) is 0. The van der Waals surface area contributed by atoms with Crippen LogP contribution in [-0.4, -0.2) is 5.78 Å². The molecule has 0 bridgehead atoms. The molecule has 4 aliphatic rings. The largest absolute Gasteiger partial charge is 0.299 e. The highest BCUT2D eigenvalue weighted by atomic mass is 16.1. The number of ketones is 1. The molecule has 0 amide bonds. The summed E-state index contributed by atoms with van der Waals surface area (Å²) in [6.07, 6.45) is 13.4. The highest BCUT2D eigenvalue weighted by Gasteiger charge is 2.59. The summed E-state index contributed by atoms with van der Waals surface area (Å²) in [6, 6.07) is 0. The lowest BCUT2D eigenvalue weighted by molar-refractivity contribution is -0.138. The smallest absolute Gasteiger partial charge is 0.139 e. The van der Waals surface area contributed by atoms with E-state index < -0.39 is 0 Å². The van der Waals surface area contributed by atoms with Gasteiger partial charge in [0.1, 0.15) is 5.78 Å². The Bertz CT molecular complexity index is 427. The Hall–Kier alpha value is -0.330. The maximum Gasteiger partial charge on any atom is 0.139 e. The Morgan fingerprint density at radius 1 is 0.900 bits per heavy atom. The summed E-state index contributed by atoms with van der Waals surface area (Å²) in [4.78, 5) is 12.4. The average molecular weight is 274 g/mol.